The second-order valence-corrected chi connectivity index (χ2v) is 15.1. The lowest BCUT2D eigenvalue weighted by Crippen LogP contribution is -2.64. The highest BCUT2D eigenvalue weighted by Gasteiger charge is 2.52. The van der Waals surface area contributed by atoms with Crippen molar-refractivity contribution in [1.82, 2.24) is 9.62 Å². The fourth-order valence-corrected chi connectivity index (χ4v) is 7.86. The minimum atomic E-state index is -4.06. The number of amides is 1. The van der Waals surface area contributed by atoms with Crippen molar-refractivity contribution in [3.8, 4) is 5.75 Å². The van der Waals surface area contributed by atoms with Crippen LogP contribution >= 0.6 is 0 Å². The molecular weight excluding hydrogens is 720 g/mol. The fraction of sp³-hybridized carbons (Fsp3) is 0.325. The number of ether oxygens (including phenoxy) is 5. The van der Waals surface area contributed by atoms with Gasteiger partial charge < -0.3 is 29.0 Å². The molecule has 2 saturated heterocycles. The van der Waals surface area contributed by atoms with Gasteiger partial charge in [0.2, 0.25) is 16.3 Å². The summed E-state index contributed by atoms with van der Waals surface area (Å²) in [5.41, 5.74) is 0.877. The maximum atomic E-state index is 14.0. The number of halogens is 1. The monoisotopic (exact) mass is 760 g/mol. The smallest absolute Gasteiger partial charge is 0.410 e. The van der Waals surface area contributed by atoms with Crippen molar-refractivity contribution < 1.29 is 50.9 Å². The Morgan fingerprint density at radius 1 is 0.870 bits per heavy atom. The number of nitrogens with zero attached hydrogens (tertiary/aromatic N) is 1. The maximum absolute atomic E-state index is 14.0. The summed E-state index contributed by atoms with van der Waals surface area (Å²) in [6, 6.07) is 28.5. The number of carbonyl (C=O) groups is 3. The molecule has 0 bridgehead atoms. The number of rotatable bonds is 14. The molecule has 4 aromatic rings. The Morgan fingerprint density at radius 2 is 1.52 bits per heavy atom. The van der Waals surface area contributed by atoms with E-state index in [-0.39, 0.29) is 36.9 Å². The minimum absolute atomic E-state index is 0.0138. The van der Waals surface area contributed by atoms with Crippen molar-refractivity contribution >= 4 is 28.1 Å². The summed E-state index contributed by atoms with van der Waals surface area (Å²) in [4.78, 5) is 38.9. The van der Waals surface area contributed by atoms with E-state index in [1.54, 1.807) is 36.4 Å². The van der Waals surface area contributed by atoms with Gasteiger partial charge in [0.15, 0.2) is 5.60 Å². The number of alkyl carbamates (subject to hydrolysis) is 1. The first-order chi connectivity index (χ1) is 26.0. The number of sulfonamides is 1. The van der Waals surface area contributed by atoms with E-state index in [4.69, 9.17) is 23.7 Å². The number of benzene rings is 4. The van der Waals surface area contributed by atoms with Gasteiger partial charge in [0.25, 0.3) is 0 Å². The molecule has 0 radical (unpaired) electrons. The zero-order chi connectivity index (χ0) is 38.1. The zero-order valence-corrected chi connectivity index (χ0v) is 30.4. The number of carbonyl (C=O) groups excluding carboxylic acids is 3. The molecule has 2 atom stereocenters. The molecular formula is C40H41FN2O10S. The van der Waals surface area contributed by atoms with Crippen LogP contribution in [0.5, 0.6) is 5.75 Å². The van der Waals surface area contributed by atoms with E-state index in [0.29, 0.717) is 37.4 Å². The number of esters is 2. The molecule has 1 amide bonds. The third-order valence-corrected chi connectivity index (χ3v) is 11.0. The summed E-state index contributed by atoms with van der Waals surface area (Å²) in [6.45, 7) is 2.16. The predicted molar refractivity (Wildman–Crippen MR) is 193 cm³/mol. The highest BCUT2D eigenvalue weighted by molar-refractivity contribution is 7.89. The van der Waals surface area contributed by atoms with Crippen molar-refractivity contribution in [2.45, 2.75) is 55.6 Å². The normalized spacial score (nSPS) is 16.9. The first-order valence-electron chi connectivity index (χ1n) is 17.6. The van der Waals surface area contributed by atoms with Crippen LogP contribution in [0.1, 0.15) is 36.5 Å². The van der Waals surface area contributed by atoms with E-state index in [0.717, 1.165) is 11.1 Å². The molecule has 4 aromatic carbocycles. The van der Waals surface area contributed by atoms with Gasteiger partial charge in [-0.05, 0) is 65.9 Å². The van der Waals surface area contributed by atoms with Gasteiger partial charge in [-0.2, -0.15) is 4.31 Å². The Bertz CT molecular complexity index is 2000. The van der Waals surface area contributed by atoms with Crippen LogP contribution in [0, 0.1) is 11.7 Å². The summed E-state index contributed by atoms with van der Waals surface area (Å²) in [5, 5.41) is 2.50. The summed E-state index contributed by atoms with van der Waals surface area (Å²) in [7, 11) is -4.06. The lowest BCUT2D eigenvalue weighted by Gasteiger charge is -2.48. The number of nitrogens with one attached hydrogen (secondary N) is 1. The second kappa shape index (κ2) is 17.2. The SMILES string of the molecule is CC(OC(=O)NC(Cc1cccc(S(=O)(=O)N2CC(Oc3ccc(F)cc3)(c3ccccc3)C2)c1)C(=O)OCc1ccccc1)OC(=O)C1CCOCC1. The standard InChI is InChI=1S/C40H41FN2O10S/c1-28(51-37(44)31-19-21-49-22-20-31)52-39(46)42-36(38(45)50-25-29-9-4-2-5-10-29)24-30-11-8-14-35(23-30)54(47,48)43-26-40(27-43,32-12-6-3-7-13-32)53-34-17-15-33(41)16-18-34/h2-18,23,28,31,36H,19-22,24-27H2,1H3,(H,42,46). The van der Waals surface area contributed by atoms with Gasteiger partial charge in [0.1, 0.15) is 24.2 Å². The van der Waals surface area contributed by atoms with E-state index in [1.165, 1.54) is 47.6 Å². The van der Waals surface area contributed by atoms with E-state index < -0.39 is 51.8 Å². The van der Waals surface area contributed by atoms with Crippen molar-refractivity contribution in [3.63, 3.8) is 0 Å². The van der Waals surface area contributed by atoms with Crippen LogP contribution in [0.2, 0.25) is 0 Å². The molecule has 14 heteroatoms. The number of hydrogen-bond donors (Lipinski definition) is 1. The lowest BCUT2D eigenvalue weighted by molar-refractivity contribution is -0.173. The molecule has 2 aliphatic heterocycles. The molecule has 0 saturated carbocycles. The highest BCUT2D eigenvalue weighted by atomic mass is 32.2. The van der Waals surface area contributed by atoms with Gasteiger partial charge >= 0.3 is 18.0 Å². The molecule has 1 N–H and O–H groups in total. The Labute approximate surface area is 313 Å². The summed E-state index contributed by atoms with van der Waals surface area (Å²) >= 11 is 0. The summed E-state index contributed by atoms with van der Waals surface area (Å²) in [5.74, 6) is -1.70. The lowest BCUT2D eigenvalue weighted by atomic mass is 9.87. The van der Waals surface area contributed by atoms with Crippen molar-refractivity contribution in [2.75, 3.05) is 26.3 Å². The molecule has 0 aliphatic carbocycles. The molecule has 6 rings (SSSR count). The number of hydrogen-bond acceptors (Lipinski definition) is 10. The third kappa shape index (κ3) is 9.61. The Hall–Kier alpha value is -5.31. The van der Waals surface area contributed by atoms with Crippen molar-refractivity contribution in [3.05, 3.63) is 132 Å². The van der Waals surface area contributed by atoms with Crippen LogP contribution in [0.4, 0.5) is 9.18 Å². The molecule has 2 unspecified atom stereocenters. The van der Waals surface area contributed by atoms with Gasteiger partial charge in [0.05, 0.1) is 23.9 Å². The van der Waals surface area contributed by atoms with E-state index in [1.807, 2.05) is 36.4 Å². The average molecular weight is 761 g/mol. The summed E-state index contributed by atoms with van der Waals surface area (Å²) in [6.07, 6.45) is -1.44. The molecule has 2 fully saturated rings. The Balaban J connectivity index is 1.15. The van der Waals surface area contributed by atoms with Gasteiger partial charge in [-0.25, -0.2) is 22.4 Å². The van der Waals surface area contributed by atoms with Crippen LogP contribution < -0.4 is 10.1 Å². The highest BCUT2D eigenvalue weighted by Crippen LogP contribution is 2.40. The Kier molecular flexibility index (Phi) is 12.3. The average Bonchev–Trinajstić information content (AvgIpc) is 3.16. The molecule has 284 valence electrons. The maximum Gasteiger partial charge on any atom is 0.410 e. The first-order valence-corrected chi connectivity index (χ1v) is 19.0. The van der Waals surface area contributed by atoms with E-state index >= 15 is 0 Å². The van der Waals surface area contributed by atoms with Crippen LogP contribution in [0.15, 0.2) is 114 Å². The van der Waals surface area contributed by atoms with E-state index in [9.17, 15) is 27.2 Å². The van der Waals surface area contributed by atoms with Gasteiger partial charge in [-0.15, -0.1) is 0 Å². The van der Waals surface area contributed by atoms with E-state index in [2.05, 4.69) is 5.32 Å². The minimum Gasteiger partial charge on any atom is -0.480 e. The van der Waals surface area contributed by atoms with Crippen LogP contribution in [0.25, 0.3) is 0 Å². The predicted octanol–water partition coefficient (Wildman–Crippen LogP) is 5.50. The fourth-order valence-electron chi connectivity index (χ4n) is 6.25. The van der Waals surface area contributed by atoms with Gasteiger partial charge in [-0.3, -0.25) is 4.79 Å². The molecule has 2 heterocycles. The quantitative estimate of drug-likeness (QED) is 0.129. The van der Waals surface area contributed by atoms with Crippen LogP contribution in [0.3, 0.4) is 0 Å². The molecule has 2 aliphatic rings. The van der Waals surface area contributed by atoms with Crippen molar-refractivity contribution in [1.29, 1.82) is 0 Å². The van der Waals surface area contributed by atoms with Gasteiger partial charge in [0, 0.05) is 26.6 Å². The zero-order valence-electron chi connectivity index (χ0n) is 29.6. The Morgan fingerprint density at radius 3 is 2.20 bits per heavy atom. The topological polar surface area (TPSA) is 147 Å². The molecule has 12 nitrogen and oxygen atoms in total. The summed E-state index contributed by atoms with van der Waals surface area (Å²) < 4.78 is 70.5. The third-order valence-electron chi connectivity index (χ3n) is 9.18. The largest absolute Gasteiger partial charge is 0.480 e. The molecule has 0 aromatic heterocycles. The molecule has 54 heavy (non-hydrogen) atoms. The van der Waals surface area contributed by atoms with Crippen LogP contribution in [-0.4, -0.2) is 69.4 Å². The van der Waals surface area contributed by atoms with Gasteiger partial charge in [-0.1, -0.05) is 72.8 Å². The van der Waals surface area contributed by atoms with Crippen LogP contribution in [-0.2, 0) is 57.2 Å². The second-order valence-electron chi connectivity index (χ2n) is 13.1. The van der Waals surface area contributed by atoms with Crippen molar-refractivity contribution in [2.24, 2.45) is 5.92 Å². The molecule has 0 spiro atoms. The first kappa shape index (κ1) is 38.4.